The molecule has 1 aromatic heterocycles. The molecule has 0 fully saturated rings. The Hall–Kier alpha value is -5.86. The number of carbonyl (C=O) groups is 1. The van der Waals surface area contributed by atoms with Crippen molar-refractivity contribution in [2.45, 2.75) is 64.5 Å². The van der Waals surface area contributed by atoms with Gasteiger partial charge < -0.3 is 9.75 Å². The van der Waals surface area contributed by atoms with Crippen LogP contribution < -0.4 is 5.43 Å². The smallest absolute Gasteiger partial charge is 0.337 e. The molecule has 0 saturated carbocycles. The molecule has 0 radical (unpaired) electrons. The molecule has 0 aliphatic carbocycles. The van der Waals surface area contributed by atoms with Crippen molar-refractivity contribution in [3.63, 3.8) is 0 Å². The first-order chi connectivity index (χ1) is 26.6. The molecule has 0 bridgehead atoms. The van der Waals surface area contributed by atoms with Gasteiger partial charge in [-0.1, -0.05) is 166 Å². The Balaban J connectivity index is 1.26. The van der Waals surface area contributed by atoms with Crippen molar-refractivity contribution >= 4 is 5.97 Å². The molecule has 0 saturated heterocycles. The van der Waals surface area contributed by atoms with Crippen molar-refractivity contribution in [2.24, 2.45) is 0 Å². The minimum Gasteiger partial charge on any atom is -0.463 e. The van der Waals surface area contributed by atoms with Crippen LogP contribution in [-0.4, -0.2) is 50.4 Å². The summed E-state index contributed by atoms with van der Waals surface area (Å²) >= 11 is 0. The van der Waals surface area contributed by atoms with Crippen molar-refractivity contribution in [3.8, 4) is 22.5 Å². The van der Waals surface area contributed by atoms with E-state index in [9.17, 15) is 4.79 Å². The van der Waals surface area contributed by atoms with E-state index in [-0.39, 0.29) is 12.0 Å². The summed E-state index contributed by atoms with van der Waals surface area (Å²) in [6.45, 7) is 7.40. The predicted molar refractivity (Wildman–Crippen MR) is 214 cm³/mol. The number of nitrogens with one attached hydrogen (secondary N) is 1. The lowest BCUT2D eigenvalue weighted by atomic mass is 9.77. The molecule has 1 atom stereocenters. The van der Waals surface area contributed by atoms with Gasteiger partial charge >= 0.3 is 5.97 Å². The topological polar surface area (TPSA) is 85.2 Å². The van der Waals surface area contributed by atoms with E-state index in [0.29, 0.717) is 18.9 Å². The summed E-state index contributed by atoms with van der Waals surface area (Å²) in [5.74, 6) is 0.316. The first-order valence-corrected chi connectivity index (χ1v) is 19.2. The highest BCUT2D eigenvalue weighted by Gasteiger charge is 2.41. The van der Waals surface area contributed by atoms with Gasteiger partial charge in [0, 0.05) is 24.2 Å². The molecular formula is C46H48N6O2. The maximum Gasteiger partial charge on any atom is 0.337 e. The van der Waals surface area contributed by atoms with E-state index in [1.54, 1.807) is 4.80 Å². The molecule has 8 nitrogen and oxygen atoms in total. The lowest BCUT2D eigenvalue weighted by Crippen LogP contribution is -2.39. The fourth-order valence-electron chi connectivity index (χ4n) is 7.62. The zero-order valence-electron chi connectivity index (χ0n) is 31.4. The van der Waals surface area contributed by atoms with Gasteiger partial charge in [-0.2, -0.15) is 0 Å². The number of unbranched alkanes of at least 4 members (excludes halogenated alkanes) is 1. The highest BCUT2D eigenvalue weighted by atomic mass is 16.5. The zero-order valence-corrected chi connectivity index (χ0v) is 31.4. The van der Waals surface area contributed by atoms with E-state index in [2.05, 4.69) is 133 Å². The van der Waals surface area contributed by atoms with E-state index in [4.69, 9.17) is 20.1 Å². The predicted octanol–water partition coefficient (Wildman–Crippen LogP) is 9.00. The molecule has 2 heterocycles. The lowest BCUT2D eigenvalue weighted by molar-refractivity contribution is -0.138. The average Bonchev–Trinajstić information content (AvgIpc) is 3.84. The quantitative estimate of drug-likeness (QED) is 0.0839. The number of allylic oxidation sites excluding steroid dienone is 1. The third-order valence-corrected chi connectivity index (χ3v) is 10.2. The minimum atomic E-state index is -0.862. The van der Waals surface area contributed by atoms with Crippen molar-refractivity contribution in [1.82, 2.24) is 30.6 Å². The molecule has 1 unspecified atom stereocenters. The second-order valence-corrected chi connectivity index (χ2v) is 13.7. The number of hydrazine groups is 1. The fourth-order valence-corrected chi connectivity index (χ4v) is 7.62. The van der Waals surface area contributed by atoms with Gasteiger partial charge in [0.1, 0.15) is 0 Å². The number of hydrogen-bond donors (Lipinski definition) is 1. The van der Waals surface area contributed by atoms with E-state index in [1.807, 2.05) is 37.3 Å². The summed E-state index contributed by atoms with van der Waals surface area (Å²) in [5, 5.41) is 16.9. The summed E-state index contributed by atoms with van der Waals surface area (Å²) in [6, 6.07) is 47.9. The van der Waals surface area contributed by atoms with Crippen LogP contribution in [0.4, 0.5) is 0 Å². The number of benzene rings is 5. The molecule has 5 aromatic carbocycles. The number of esters is 1. The Kier molecular flexibility index (Phi) is 11.4. The van der Waals surface area contributed by atoms with Crippen molar-refractivity contribution in [3.05, 3.63) is 173 Å². The van der Waals surface area contributed by atoms with Crippen LogP contribution in [0.15, 0.2) is 151 Å². The SMILES string of the molecule is CCCCN1NC(CCC)C(C(=O)OCC)=C1Cc1ccc(-c2ccccc2-c2nnn(C(c3ccccc3)(c3ccccc3)c3ccccc3)n2)cc1. The molecule has 1 aliphatic heterocycles. The van der Waals surface area contributed by atoms with Gasteiger partial charge in [0.15, 0.2) is 5.54 Å². The number of carbonyl (C=O) groups excluding carboxylic acids is 1. The Morgan fingerprint density at radius 2 is 1.30 bits per heavy atom. The van der Waals surface area contributed by atoms with E-state index >= 15 is 0 Å². The number of tetrazole rings is 1. The molecule has 8 heteroatoms. The van der Waals surface area contributed by atoms with Crippen LogP contribution in [0.2, 0.25) is 0 Å². The van der Waals surface area contributed by atoms with Crippen LogP contribution in [0.3, 0.4) is 0 Å². The molecule has 6 aromatic rings. The molecule has 0 spiro atoms. The molecule has 274 valence electrons. The van der Waals surface area contributed by atoms with Crippen LogP contribution in [0.1, 0.15) is 68.7 Å². The van der Waals surface area contributed by atoms with Gasteiger partial charge in [-0.15, -0.1) is 15.0 Å². The second-order valence-electron chi connectivity index (χ2n) is 13.7. The molecule has 1 N–H and O–H groups in total. The third-order valence-electron chi connectivity index (χ3n) is 10.2. The number of ether oxygens (including phenoxy) is 1. The molecule has 7 rings (SSSR count). The minimum absolute atomic E-state index is 0.0441. The zero-order chi connectivity index (χ0) is 37.3. The molecule has 0 amide bonds. The van der Waals surface area contributed by atoms with Gasteiger partial charge in [-0.05, 0) is 58.4 Å². The second kappa shape index (κ2) is 16.9. The first-order valence-electron chi connectivity index (χ1n) is 19.2. The molecule has 1 aliphatic rings. The number of nitrogens with zero attached hydrogens (tertiary/aromatic N) is 5. The normalized spacial score (nSPS) is 14.4. The Morgan fingerprint density at radius 3 is 1.85 bits per heavy atom. The average molecular weight is 717 g/mol. The van der Waals surface area contributed by atoms with Crippen LogP contribution >= 0.6 is 0 Å². The monoisotopic (exact) mass is 716 g/mol. The largest absolute Gasteiger partial charge is 0.463 e. The standard InChI is InChI=1S/C46H48N6O2/c1-4-7-32-51-42(43(45(53)54-6-3)41(48-51)19-5-2)33-34-28-30-35(31-29-34)39-26-17-18-27-40(39)44-47-50-52(49-44)46(36-20-11-8-12-21-36,37-22-13-9-14-23-37)38-24-15-10-16-25-38/h8-18,20-31,41,48H,4-7,19,32-33H2,1-3H3. The van der Waals surface area contributed by atoms with Crippen LogP contribution in [0.25, 0.3) is 22.5 Å². The van der Waals surface area contributed by atoms with E-state index < -0.39 is 5.54 Å². The van der Waals surface area contributed by atoms with Gasteiger partial charge in [-0.3, -0.25) is 0 Å². The summed E-state index contributed by atoms with van der Waals surface area (Å²) in [5.41, 5.74) is 11.7. The Labute approximate surface area is 318 Å². The molecular weight excluding hydrogens is 669 g/mol. The van der Waals surface area contributed by atoms with Crippen molar-refractivity contribution < 1.29 is 9.53 Å². The number of aromatic nitrogens is 4. The Bertz CT molecular complexity index is 2070. The van der Waals surface area contributed by atoms with E-state index in [0.717, 1.165) is 82.4 Å². The maximum absolute atomic E-state index is 13.3. The summed E-state index contributed by atoms with van der Waals surface area (Å²) in [6.07, 6.45) is 4.57. The fraction of sp³-hybridized carbons (Fsp3) is 0.261. The highest BCUT2D eigenvalue weighted by molar-refractivity contribution is 5.91. The number of rotatable bonds is 15. The maximum atomic E-state index is 13.3. The third kappa shape index (κ3) is 7.22. The Morgan fingerprint density at radius 1 is 0.722 bits per heavy atom. The highest BCUT2D eigenvalue weighted by Crippen LogP contribution is 2.40. The summed E-state index contributed by atoms with van der Waals surface area (Å²) in [4.78, 5) is 15.1. The summed E-state index contributed by atoms with van der Waals surface area (Å²) in [7, 11) is 0. The van der Waals surface area contributed by atoms with Crippen LogP contribution in [0, 0.1) is 0 Å². The van der Waals surface area contributed by atoms with Gasteiger partial charge in [0.2, 0.25) is 5.82 Å². The van der Waals surface area contributed by atoms with Gasteiger partial charge in [-0.25, -0.2) is 10.2 Å². The lowest BCUT2D eigenvalue weighted by Gasteiger charge is -2.34. The molecule has 54 heavy (non-hydrogen) atoms. The van der Waals surface area contributed by atoms with Gasteiger partial charge in [0.25, 0.3) is 0 Å². The van der Waals surface area contributed by atoms with Gasteiger partial charge in [0.05, 0.1) is 18.2 Å². The van der Waals surface area contributed by atoms with Crippen molar-refractivity contribution in [2.75, 3.05) is 13.2 Å². The summed E-state index contributed by atoms with van der Waals surface area (Å²) < 4.78 is 5.57. The first kappa shape index (κ1) is 36.5. The van der Waals surface area contributed by atoms with Crippen LogP contribution in [-0.2, 0) is 21.5 Å². The van der Waals surface area contributed by atoms with Crippen molar-refractivity contribution in [1.29, 1.82) is 0 Å². The number of hydrogen-bond acceptors (Lipinski definition) is 7. The van der Waals surface area contributed by atoms with E-state index in [1.165, 1.54) is 0 Å². The van der Waals surface area contributed by atoms with Crippen LogP contribution in [0.5, 0.6) is 0 Å².